The van der Waals surface area contributed by atoms with Crippen LogP contribution < -0.4 is 24.4 Å². The van der Waals surface area contributed by atoms with Crippen LogP contribution in [0.15, 0.2) is 57.8 Å². The summed E-state index contributed by atoms with van der Waals surface area (Å²) in [5.74, 6) is 0.601. The van der Waals surface area contributed by atoms with Crippen LogP contribution in [0.5, 0.6) is 11.5 Å². The molecule has 0 saturated carbocycles. The Morgan fingerprint density at radius 2 is 2.09 bits per heavy atom. The maximum Gasteiger partial charge on any atom is 0.338 e. The maximum atomic E-state index is 13.3. The van der Waals surface area contributed by atoms with Crippen LogP contribution in [0.4, 0.5) is 5.69 Å². The summed E-state index contributed by atoms with van der Waals surface area (Å²) in [4.78, 5) is 42.1. The Hall–Kier alpha value is -4.25. The van der Waals surface area contributed by atoms with Gasteiger partial charge in [0.1, 0.15) is 6.04 Å². The number of thiazole rings is 1. The third-order valence-electron chi connectivity index (χ3n) is 5.63. The summed E-state index contributed by atoms with van der Waals surface area (Å²) in [7, 11) is 0. The number of non-ortho nitro benzene ring substituents is 1. The number of rotatable bonds is 5. The Kier molecular flexibility index (Phi) is 5.69. The van der Waals surface area contributed by atoms with Crippen LogP contribution in [0.2, 0.25) is 0 Å². The number of allylic oxidation sites excluding steroid dienone is 1. The van der Waals surface area contributed by atoms with Crippen molar-refractivity contribution < 1.29 is 23.9 Å². The molecular weight excluding hydrogens is 474 g/mol. The second-order valence-electron chi connectivity index (χ2n) is 7.75. The fourth-order valence-electron chi connectivity index (χ4n) is 4.02. The minimum Gasteiger partial charge on any atom is -0.463 e. The van der Waals surface area contributed by atoms with Crippen molar-refractivity contribution in [2.75, 3.05) is 13.4 Å². The SMILES string of the molecule is CCOC(=O)C1=C(C)n2c(s/c(=C\c3ccc4c(c3)OCO4)c2=O)=N[C@@H]1c1cccc([N+](=O)[O-])c1. The van der Waals surface area contributed by atoms with Gasteiger partial charge >= 0.3 is 5.97 Å². The lowest BCUT2D eigenvalue weighted by Crippen LogP contribution is -2.35. The minimum absolute atomic E-state index is 0.121. The number of nitro benzene ring substituents is 1. The Balaban J connectivity index is 1.69. The molecular formula is C24H19N3O7S. The number of esters is 1. The van der Waals surface area contributed by atoms with E-state index < -0.39 is 16.9 Å². The predicted molar refractivity (Wildman–Crippen MR) is 127 cm³/mol. The molecule has 0 unspecified atom stereocenters. The van der Waals surface area contributed by atoms with Crippen LogP contribution in [0.3, 0.4) is 0 Å². The van der Waals surface area contributed by atoms with Crippen molar-refractivity contribution in [3.63, 3.8) is 0 Å². The number of carbonyl (C=O) groups excluding carboxylic acids is 1. The van der Waals surface area contributed by atoms with Crippen molar-refractivity contribution in [3.05, 3.63) is 89.0 Å². The van der Waals surface area contributed by atoms with E-state index in [1.165, 1.54) is 34.1 Å². The number of nitrogens with zero attached hydrogens (tertiary/aromatic N) is 3. The topological polar surface area (TPSA) is 122 Å². The molecule has 0 fully saturated rings. The number of ether oxygens (including phenoxy) is 3. The van der Waals surface area contributed by atoms with Crippen LogP contribution in [-0.4, -0.2) is 28.9 Å². The molecule has 0 saturated heterocycles. The summed E-state index contributed by atoms with van der Waals surface area (Å²) in [6.07, 6.45) is 1.72. The molecule has 10 nitrogen and oxygen atoms in total. The molecule has 0 aliphatic carbocycles. The molecule has 3 heterocycles. The van der Waals surface area contributed by atoms with Gasteiger partial charge in [-0.25, -0.2) is 9.79 Å². The van der Waals surface area contributed by atoms with Gasteiger partial charge in [-0.05, 0) is 43.2 Å². The van der Waals surface area contributed by atoms with Gasteiger partial charge in [0.2, 0.25) is 6.79 Å². The third-order valence-corrected chi connectivity index (χ3v) is 6.61. The van der Waals surface area contributed by atoms with E-state index in [1.807, 2.05) is 6.07 Å². The van der Waals surface area contributed by atoms with Crippen LogP contribution in [0, 0.1) is 10.1 Å². The first-order valence-electron chi connectivity index (χ1n) is 10.7. The van der Waals surface area contributed by atoms with E-state index in [4.69, 9.17) is 14.2 Å². The van der Waals surface area contributed by atoms with Crippen LogP contribution in [0.1, 0.15) is 31.0 Å². The summed E-state index contributed by atoms with van der Waals surface area (Å²) in [5.41, 5.74) is 1.28. The highest BCUT2D eigenvalue weighted by molar-refractivity contribution is 7.07. The van der Waals surface area contributed by atoms with Crippen LogP contribution >= 0.6 is 11.3 Å². The zero-order chi connectivity index (χ0) is 24.7. The molecule has 5 rings (SSSR count). The second-order valence-corrected chi connectivity index (χ2v) is 8.76. The molecule has 0 radical (unpaired) electrons. The summed E-state index contributed by atoms with van der Waals surface area (Å²) >= 11 is 1.17. The summed E-state index contributed by atoms with van der Waals surface area (Å²) in [6, 6.07) is 10.4. The van der Waals surface area contributed by atoms with Crippen molar-refractivity contribution in [1.29, 1.82) is 0 Å². The lowest BCUT2D eigenvalue weighted by molar-refractivity contribution is -0.384. The predicted octanol–water partition coefficient (Wildman–Crippen LogP) is 2.54. The van der Waals surface area contributed by atoms with Crippen molar-refractivity contribution >= 4 is 34.8 Å². The molecule has 0 amide bonds. The van der Waals surface area contributed by atoms with E-state index in [-0.39, 0.29) is 30.2 Å². The molecule has 2 aliphatic rings. The zero-order valence-corrected chi connectivity index (χ0v) is 19.5. The van der Waals surface area contributed by atoms with Gasteiger partial charge in [0.15, 0.2) is 16.3 Å². The molecule has 35 heavy (non-hydrogen) atoms. The van der Waals surface area contributed by atoms with Crippen LogP contribution in [-0.2, 0) is 9.53 Å². The van der Waals surface area contributed by atoms with Crippen molar-refractivity contribution in [2.45, 2.75) is 19.9 Å². The number of hydrogen-bond donors (Lipinski definition) is 0. The lowest BCUT2D eigenvalue weighted by atomic mass is 9.96. The Morgan fingerprint density at radius 1 is 1.29 bits per heavy atom. The van der Waals surface area contributed by atoms with Crippen LogP contribution in [0.25, 0.3) is 11.8 Å². The molecule has 178 valence electrons. The highest BCUT2D eigenvalue weighted by atomic mass is 32.1. The molecule has 0 N–H and O–H groups in total. The maximum absolute atomic E-state index is 13.3. The standard InChI is InChI=1S/C24H19N3O7S/c1-3-32-23(29)20-13(2)26-22(28)19(10-14-7-8-17-18(9-14)34-12-33-17)35-24(26)25-21(20)15-5-4-6-16(11-15)27(30)31/h4-11,21H,3,12H2,1-2H3/b19-10-/t21-/m1/s1. The number of aromatic nitrogens is 1. The first-order valence-corrected chi connectivity index (χ1v) is 11.5. The zero-order valence-electron chi connectivity index (χ0n) is 18.7. The molecule has 1 aromatic heterocycles. The average molecular weight is 493 g/mol. The third kappa shape index (κ3) is 3.99. The molecule has 0 bridgehead atoms. The Labute approximate surface area is 202 Å². The van der Waals surface area contributed by atoms with E-state index in [9.17, 15) is 19.7 Å². The van der Waals surface area contributed by atoms with Gasteiger partial charge in [0.05, 0.1) is 21.6 Å². The van der Waals surface area contributed by atoms with Gasteiger partial charge in [-0.1, -0.05) is 29.5 Å². The fraction of sp³-hybridized carbons (Fsp3) is 0.208. The van der Waals surface area contributed by atoms with Crippen molar-refractivity contribution in [2.24, 2.45) is 4.99 Å². The normalized spacial score (nSPS) is 16.6. The van der Waals surface area contributed by atoms with Gasteiger partial charge in [-0.15, -0.1) is 0 Å². The minimum atomic E-state index is -0.856. The largest absolute Gasteiger partial charge is 0.463 e. The van der Waals surface area contributed by atoms with Gasteiger partial charge in [-0.3, -0.25) is 19.5 Å². The molecule has 0 spiro atoms. The lowest BCUT2D eigenvalue weighted by Gasteiger charge is -2.22. The smallest absolute Gasteiger partial charge is 0.338 e. The van der Waals surface area contributed by atoms with Crippen molar-refractivity contribution in [1.82, 2.24) is 4.57 Å². The number of fused-ring (bicyclic) bond motifs is 2. The molecule has 2 aromatic carbocycles. The van der Waals surface area contributed by atoms with E-state index >= 15 is 0 Å². The molecule has 3 aromatic rings. The monoisotopic (exact) mass is 493 g/mol. The quantitative estimate of drug-likeness (QED) is 0.304. The Morgan fingerprint density at radius 3 is 2.86 bits per heavy atom. The number of nitro groups is 1. The molecule has 1 atom stereocenters. The summed E-state index contributed by atoms with van der Waals surface area (Å²) < 4.78 is 17.8. The first kappa shape index (κ1) is 22.5. The number of benzene rings is 2. The molecule has 2 aliphatic heterocycles. The summed E-state index contributed by atoms with van der Waals surface area (Å²) in [6.45, 7) is 3.60. The highest BCUT2D eigenvalue weighted by Gasteiger charge is 2.32. The van der Waals surface area contributed by atoms with Crippen molar-refractivity contribution in [3.8, 4) is 11.5 Å². The number of hydrogen-bond acceptors (Lipinski definition) is 9. The average Bonchev–Trinajstić information content (AvgIpc) is 3.43. The second kappa shape index (κ2) is 8.84. The highest BCUT2D eigenvalue weighted by Crippen LogP contribution is 2.34. The first-order chi connectivity index (χ1) is 16.9. The summed E-state index contributed by atoms with van der Waals surface area (Å²) in [5, 5.41) is 11.3. The molecule has 11 heteroatoms. The van der Waals surface area contributed by atoms with E-state index in [0.717, 1.165) is 5.56 Å². The number of carbonyl (C=O) groups is 1. The Bertz CT molecular complexity index is 1590. The van der Waals surface area contributed by atoms with Gasteiger partial charge in [0.25, 0.3) is 11.2 Å². The fourth-order valence-corrected chi connectivity index (χ4v) is 5.06. The van der Waals surface area contributed by atoms with Gasteiger partial charge < -0.3 is 14.2 Å². The van der Waals surface area contributed by atoms with E-state index in [0.29, 0.717) is 32.1 Å². The van der Waals surface area contributed by atoms with Gasteiger partial charge in [0, 0.05) is 17.8 Å². The van der Waals surface area contributed by atoms with Gasteiger partial charge in [-0.2, -0.15) is 0 Å². The van der Waals surface area contributed by atoms with E-state index in [2.05, 4.69) is 4.99 Å². The van der Waals surface area contributed by atoms with E-state index in [1.54, 1.807) is 38.1 Å².